The summed E-state index contributed by atoms with van der Waals surface area (Å²) in [5.74, 6) is -2.21. The number of nitrogens with zero attached hydrogens (tertiary/aromatic N) is 1. The van der Waals surface area contributed by atoms with Crippen LogP contribution in [0.2, 0.25) is 0 Å². The third kappa shape index (κ3) is 9.66. The minimum Gasteiger partial charge on any atom is -0.480 e. The summed E-state index contributed by atoms with van der Waals surface area (Å²) in [6, 6.07) is -1.88. The topological polar surface area (TPSA) is 151 Å². The van der Waals surface area contributed by atoms with Crippen LogP contribution < -0.4 is 5.32 Å². The van der Waals surface area contributed by atoms with Crippen molar-refractivity contribution in [2.75, 3.05) is 20.4 Å². The molecular weight excluding hydrogens is 236 g/mol. The van der Waals surface area contributed by atoms with Gasteiger partial charge in [0.15, 0.2) is 6.04 Å². The van der Waals surface area contributed by atoms with Crippen LogP contribution >= 0.6 is 0 Å². The molecular formula is C8H18N2O7. The molecule has 0 aromatic rings. The summed E-state index contributed by atoms with van der Waals surface area (Å²) in [7, 11) is 1.16. The molecule has 2 atom stereocenters. The Kier molecular flexibility index (Phi) is 10.6. The van der Waals surface area contributed by atoms with Crippen molar-refractivity contribution in [1.82, 2.24) is 10.4 Å². The first-order chi connectivity index (χ1) is 7.77. The Bertz CT molecular complexity index is 234. The predicted molar refractivity (Wildman–Crippen MR) is 55.4 cm³/mol. The average Bonchev–Trinajstić information content (AvgIpc) is 2.18. The van der Waals surface area contributed by atoms with E-state index in [-0.39, 0.29) is 6.73 Å². The SMILES string of the molecule is CC(NCO)C(=O)O.CN(O)C(CO)C(=O)O. The van der Waals surface area contributed by atoms with Crippen molar-refractivity contribution in [2.24, 2.45) is 0 Å². The van der Waals surface area contributed by atoms with Gasteiger partial charge in [-0.2, -0.15) is 5.06 Å². The molecule has 0 saturated heterocycles. The lowest BCUT2D eigenvalue weighted by atomic mass is 10.3. The van der Waals surface area contributed by atoms with Gasteiger partial charge in [0.1, 0.15) is 6.04 Å². The third-order valence-electron chi connectivity index (χ3n) is 1.68. The number of aliphatic carboxylic acids is 2. The first kappa shape index (κ1) is 18.1. The zero-order valence-electron chi connectivity index (χ0n) is 9.57. The van der Waals surface area contributed by atoms with Gasteiger partial charge in [0, 0.05) is 7.05 Å². The molecule has 17 heavy (non-hydrogen) atoms. The van der Waals surface area contributed by atoms with Crippen molar-refractivity contribution in [3.8, 4) is 0 Å². The zero-order chi connectivity index (χ0) is 14.0. The molecule has 0 aromatic carbocycles. The van der Waals surface area contributed by atoms with E-state index >= 15 is 0 Å². The first-order valence-electron chi connectivity index (χ1n) is 4.60. The van der Waals surface area contributed by atoms with E-state index in [9.17, 15) is 9.59 Å². The highest BCUT2D eigenvalue weighted by Crippen LogP contribution is 1.89. The van der Waals surface area contributed by atoms with Crippen molar-refractivity contribution in [3.05, 3.63) is 0 Å². The lowest BCUT2D eigenvalue weighted by Gasteiger charge is -2.14. The summed E-state index contributed by atoms with van der Waals surface area (Å²) in [6.45, 7) is 0.564. The highest BCUT2D eigenvalue weighted by atomic mass is 16.5. The third-order valence-corrected chi connectivity index (χ3v) is 1.68. The van der Waals surface area contributed by atoms with Crippen LogP contribution in [0.15, 0.2) is 0 Å². The van der Waals surface area contributed by atoms with Gasteiger partial charge in [-0.05, 0) is 6.92 Å². The van der Waals surface area contributed by atoms with E-state index in [2.05, 4.69) is 5.32 Å². The summed E-state index contributed by atoms with van der Waals surface area (Å²) >= 11 is 0. The number of hydroxylamine groups is 2. The summed E-state index contributed by atoms with van der Waals surface area (Å²) in [4.78, 5) is 19.9. The Morgan fingerprint density at radius 2 is 1.71 bits per heavy atom. The van der Waals surface area contributed by atoms with Crippen LogP contribution in [0.4, 0.5) is 0 Å². The molecule has 9 heteroatoms. The van der Waals surface area contributed by atoms with Crippen LogP contribution in [0.1, 0.15) is 6.92 Å². The number of carbonyl (C=O) groups is 2. The highest BCUT2D eigenvalue weighted by Gasteiger charge is 2.19. The summed E-state index contributed by atoms with van der Waals surface area (Å²) in [5, 5.41) is 43.9. The number of likely N-dealkylation sites (N-methyl/N-ethyl adjacent to an activating group) is 1. The van der Waals surface area contributed by atoms with Gasteiger partial charge in [0.25, 0.3) is 0 Å². The molecule has 0 bridgehead atoms. The molecule has 0 amide bonds. The van der Waals surface area contributed by atoms with Crippen molar-refractivity contribution in [1.29, 1.82) is 0 Å². The number of hydrogen-bond acceptors (Lipinski definition) is 7. The number of aliphatic hydroxyl groups is 2. The fraction of sp³-hybridized carbons (Fsp3) is 0.750. The van der Waals surface area contributed by atoms with Crippen molar-refractivity contribution < 1.29 is 35.2 Å². The summed E-state index contributed by atoms with van der Waals surface area (Å²) in [6.07, 6.45) is 0. The van der Waals surface area contributed by atoms with Crippen LogP contribution in [0.3, 0.4) is 0 Å². The summed E-state index contributed by atoms with van der Waals surface area (Å²) < 4.78 is 0. The van der Waals surface area contributed by atoms with E-state index in [1.807, 2.05) is 0 Å². The van der Waals surface area contributed by atoms with E-state index in [1.165, 1.54) is 6.92 Å². The molecule has 2 unspecified atom stereocenters. The maximum atomic E-state index is 10.0. The van der Waals surface area contributed by atoms with E-state index in [0.717, 1.165) is 7.05 Å². The number of carboxylic acid groups (broad SMARTS) is 2. The van der Waals surface area contributed by atoms with Gasteiger partial charge in [-0.3, -0.25) is 14.9 Å². The Balaban J connectivity index is 0. The Morgan fingerprint density at radius 1 is 1.24 bits per heavy atom. The smallest absolute Gasteiger partial charge is 0.325 e. The molecule has 0 aromatic heterocycles. The molecule has 0 heterocycles. The van der Waals surface area contributed by atoms with Gasteiger partial charge in [-0.25, -0.2) is 0 Å². The molecule has 0 aliphatic heterocycles. The molecule has 0 rings (SSSR count). The van der Waals surface area contributed by atoms with Crippen molar-refractivity contribution in [2.45, 2.75) is 19.0 Å². The molecule has 0 saturated carbocycles. The fourth-order valence-corrected chi connectivity index (χ4v) is 0.580. The van der Waals surface area contributed by atoms with Gasteiger partial charge in [0.05, 0.1) is 13.3 Å². The minimum absolute atomic E-state index is 0.298. The highest BCUT2D eigenvalue weighted by molar-refractivity contribution is 5.73. The van der Waals surface area contributed by atoms with Crippen molar-refractivity contribution >= 4 is 11.9 Å². The fourth-order valence-electron chi connectivity index (χ4n) is 0.580. The standard InChI is InChI=1S/C4H9NO4.C4H9NO3/c1-5(9)3(2-6)4(7)8;1-3(4(7)8)5-2-6/h3,6,9H,2H2,1H3,(H,7,8);3,5-6H,2H2,1H3,(H,7,8). The van der Waals surface area contributed by atoms with Crippen LogP contribution in [-0.4, -0.2) is 75.1 Å². The van der Waals surface area contributed by atoms with Gasteiger partial charge in [-0.15, -0.1) is 0 Å². The van der Waals surface area contributed by atoms with Gasteiger partial charge >= 0.3 is 11.9 Å². The molecule has 0 radical (unpaired) electrons. The lowest BCUT2D eigenvalue weighted by molar-refractivity contribution is -0.166. The maximum absolute atomic E-state index is 10.0. The van der Waals surface area contributed by atoms with E-state index < -0.39 is 30.6 Å². The van der Waals surface area contributed by atoms with Crippen molar-refractivity contribution in [3.63, 3.8) is 0 Å². The normalized spacial score (nSPS) is 13.5. The van der Waals surface area contributed by atoms with Gasteiger partial charge < -0.3 is 25.6 Å². The zero-order valence-corrected chi connectivity index (χ0v) is 9.57. The second kappa shape index (κ2) is 9.93. The van der Waals surface area contributed by atoms with Crippen LogP contribution in [0.25, 0.3) is 0 Å². The molecule has 9 nitrogen and oxygen atoms in total. The van der Waals surface area contributed by atoms with Crippen LogP contribution in [-0.2, 0) is 9.59 Å². The quantitative estimate of drug-likeness (QED) is 0.228. The van der Waals surface area contributed by atoms with Gasteiger partial charge in [-0.1, -0.05) is 0 Å². The first-order valence-corrected chi connectivity index (χ1v) is 4.60. The predicted octanol–water partition coefficient (Wildman–Crippen LogP) is -2.25. The molecule has 0 aliphatic rings. The van der Waals surface area contributed by atoms with E-state index in [1.54, 1.807) is 0 Å². The lowest BCUT2D eigenvalue weighted by Crippen LogP contribution is -2.38. The Morgan fingerprint density at radius 3 is 1.76 bits per heavy atom. The molecule has 0 spiro atoms. The second-order valence-corrected chi connectivity index (χ2v) is 3.03. The van der Waals surface area contributed by atoms with Crippen LogP contribution in [0, 0.1) is 0 Å². The molecule has 0 aliphatic carbocycles. The number of hydrogen-bond donors (Lipinski definition) is 6. The molecule has 0 fully saturated rings. The monoisotopic (exact) mass is 254 g/mol. The van der Waals surface area contributed by atoms with E-state index in [0.29, 0.717) is 5.06 Å². The van der Waals surface area contributed by atoms with Crippen LogP contribution in [0.5, 0.6) is 0 Å². The maximum Gasteiger partial charge on any atom is 0.325 e. The largest absolute Gasteiger partial charge is 0.480 e. The Hall–Kier alpha value is -1.26. The van der Waals surface area contributed by atoms with Gasteiger partial charge in [0.2, 0.25) is 0 Å². The second-order valence-electron chi connectivity index (χ2n) is 3.03. The number of nitrogens with one attached hydrogen (secondary N) is 1. The molecule has 102 valence electrons. The number of rotatable bonds is 6. The Labute approximate surface area is 97.9 Å². The summed E-state index contributed by atoms with van der Waals surface area (Å²) in [5.41, 5.74) is 0. The minimum atomic E-state index is -1.25. The number of carboxylic acids is 2. The molecule has 6 N–H and O–H groups in total. The number of aliphatic hydroxyl groups excluding tert-OH is 2. The average molecular weight is 254 g/mol. The van der Waals surface area contributed by atoms with E-state index in [4.69, 9.17) is 25.6 Å².